The van der Waals surface area contributed by atoms with Gasteiger partial charge in [0, 0.05) is 0 Å². The fourth-order valence-corrected chi connectivity index (χ4v) is 11.2. The van der Waals surface area contributed by atoms with E-state index >= 15 is 0 Å². The fourth-order valence-electron chi connectivity index (χ4n) is 6.59. The lowest BCUT2D eigenvalue weighted by atomic mass is 9.87. The molecule has 0 aromatic heterocycles. The summed E-state index contributed by atoms with van der Waals surface area (Å²) < 4.78 is 37.0. The summed E-state index contributed by atoms with van der Waals surface area (Å²) >= 11 is 6.01. The maximum atomic E-state index is 12.5. The van der Waals surface area contributed by atoms with Gasteiger partial charge in [0.25, 0.3) is 0 Å². The van der Waals surface area contributed by atoms with Gasteiger partial charge in [0.05, 0.1) is 92.0 Å². The van der Waals surface area contributed by atoms with Crippen molar-refractivity contribution in [3.63, 3.8) is 0 Å². The Labute approximate surface area is 387 Å². The molecule has 0 saturated carbocycles. The summed E-state index contributed by atoms with van der Waals surface area (Å²) in [7, 11) is 0. The Balaban J connectivity index is 1.67. The summed E-state index contributed by atoms with van der Waals surface area (Å²) in [6, 6.07) is 17.2. The van der Waals surface area contributed by atoms with Gasteiger partial charge < -0.3 is 38.6 Å². The first-order valence-corrected chi connectivity index (χ1v) is 24.8. The van der Waals surface area contributed by atoms with Crippen LogP contribution >= 0.6 is 47.0 Å². The third-order valence-electron chi connectivity index (χ3n) is 10.5. The van der Waals surface area contributed by atoms with Crippen LogP contribution < -0.4 is 9.47 Å². The van der Waals surface area contributed by atoms with Gasteiger partial charge in [-0.2, -0.15) is 0 Å². The summed E-state index contributed by atoms with van der Waals surface area (Å²) in [5.74, 6) is 1.73. The van der Waals surface area contributed by atoms with Crippen molar-refractivity contribution in [3.05, 3.63) is 70.8 Å². The van der Waals surface area contributed by atoms with Crippen molar-refractivity contribution in [2.75, 3.05) is 66.1 Å². The van der Waals surface area contributed by atoms with E-state index in [1.807, 2.05) is 0 Å². The number of aromatic hydroxyl groups is 2. The molecular weight excluding hydrogens is 857 g/mol. The molecule has 6 rings (SSSR count). The molecule has 0 radical (unpaired) electrons. The largest absolute Gasteiger partial charge is 0.506 e. The summed E-state index contributed by atoms with van der Waals surface area (Å²) in [6.07, 6.45) is 0. The summed E-state index contributed by atoms with van der Waals surface area (Å²) in [5, 5.41) is 24.9. The highest BCUT2D eigenvalue weighted by Gasteiger charge is 2.29. The molecule has 10 bridgehead atoms. The first-order chi connectivity index (χ1) is 29.1. The number of hydrogen-bond acceptors (Lipinski definition) is 12. The Kier molecular flexibility index (Phi) is 15.9. The average molecular weight is 923 g/mol. The summed E-state index contributed by atoms with van der Waals surface area (Å²) in [4.78, 5) is 6.32. The van der Waals surface area contributed by atoms with E-state index in [4.69, 9.17) is 28.4 Å². The highest BCUT2D eigenvalue weighted by atomic mass is 32.2. The van der Waals surface area contributed by atoms with E-state index in [-0.39, 0.29) is 46.4 Å². The first kappa shape index (κ1) is 48.8. The van der Waals surface area contributed by atoms with Crippen molar-refractivity contribution in [2.45, 2.75) is 144 Å². The third kappa shape index (κ3) is 12.6. The van der Waals surface area contributed by atoms with Crippen molar-refractivity contribution < 1.29 is 38.6 Å². The van der Waals surface area contributed by atoms with E-state index < -0.39 is 0 Å². The molecule has 2 aliphatic heterocycles. The molecule has 0 saturated heterocycles. The van der Waals surface area contributed by atoms with Gasteiger partial charge in [0.2, 0.25) is 0 Å². The highest BCUT2D eigenvalue weighted by molar-refractivity contribution is 8.01. The molecular formula is C50H66O8S4. The molecule has 4 aromatic carbocycles. The molecule has 8 nitrogen and oxygen atoms in total. The van der Waals surface area contributed by atoms with E-state index in [1.165, 1.54) is 47.0 Å². The van der Waals surface area contributed by atoms with Crippen molar-refractivity contribution >= 4 is 47.0 Å². The molecule has 0 unspecified atom stereocenters. The molecule has 0 spiro atoms. The molecule has 2 aliphatic rings. The second kappa shape index (κ2) is 20.2. The lowest BCUT2D eigenvalue weighted by Gasteiger charge is -2.27. The Bertz CT molecular complexity index is 1940. The van der Waals surface area contributed by atoms with E-state index in [1.54, 1.807) is 0 Å². The van der Waals surface area contributed by atoms with Gasteiger partial charge in [0.1, 0.15) is 36.2 Å². The number of rotatable bonds is 0. The SMILES string of the molecule is CC(C)(C)c1cc2c(O)c(c1)Sc1cc(C(C)(C)C)cc3c1OCCOCCOCCOCCOCCOc1c(cc(C(C)(C)C)cc1Sc1cc(C(C)(C)C)cc(c1O)S3)S2. The van der Waals surface area contributed by atoms with Gasteiger partial charge in [-0.25, -0.2) is 0 Å². The molecule has 2 heterocycles. The Hall–Kier alpha value is -2.68. The zero-order valence-corrected chi connectivity index (χ0v) is 41.9. The smallest absolute Gasteiger partial charge is 0.147 e. The Morgan fingerprint density at radius 3 is 0.726 bits per heavy atom. The van der Waals surface area contributed by atoms with Crippen LogP contribution in [-0.2, 0) is 40.6 Å². The predicted octanol–water partition coefficient (Wildman–Crippen LogP) is 13.0. The second-order valence-electron chi connectivity index (χ2n) is 19.8. The molecule has 62 heavy (non-hydrogen) atoms. The number of benzene rings is 4. The van der Waals surface area contributed by atoms with Crippen LogP contribution in [0.3, 0.4) is 0 Å². The molecule has 0 atom stereocenters. The fraction of sp³-hybridized carbons (Fsp3) is 0.520. The lowest BCUT2D eigenvalue weighted by molar-refractivity contribution is -0.00726. The quantitative estimate of drug-likeness (QED) is 0.155. The number of phenols is 2. The van der Waals surface area contributed by atoms with Crippen molar-refractivity contribution in [1.82, 2.24) is 0 Å². The van der Waals surface area contributed by atoms with Crippen molar-refractivity contribution in [1.29, 1.82) is 0 Å². The summed E-state index contributed by atoms with van der Waals surface area (Å²) in [6.45, 7) is 30.3. The van der Waals surface area contributed by atoms with Gasteiger partial charge in [-0.3, -0.25) is 0 Å². The normalized spacial score (nSPS) is 16.9. The minimum absolute atomic E-state index is 0.192. The van der Waals surface area contributed by atoms with Crippen LogP contribution in [0.2, 0.25) is 0 Å². The number of fused-ring (bicyclic) bond motifs is 2. The molecule has 0 aliphatic carbocycles. The van der Waals surface area contributed by atoms with Gasteiger partial charge in [0.15, 0.2) is 0 Å². The Morgan fingerprint density at radius 2 is 0.516 bits per heavy atom. The molecule has 338 valence electrons. The average Bonchev–Trinajstić information content (AvgIpc) is 3.16. The number of ether oxygens (including phenoxy) is 6. The highest BCUT2D eigenvalue weighted by Crippen LogP contribution is 2.56. The summed E-state index contributed by atoms with van der Waals surface area (Å²) in [5.41, 5.74) is 3.49. The van der Waals surface area contributed by atoms with Crippen LogP contribution in [-0.4, -0.2) is 76.3 Å². The number of phenolic OH excluding ortho intramolecular Hbond substituents is 2. The zero-order chi connectivity index (χ0) is 45.0. The molecule has 4 aromatic rings. The lowest BCUT2D eigenvalue weighted by Crippen LogP contribution is -2.15. The predicted molar refractivity (Wildman–Crippen MR) is 255 cm³/mol. The minimum atomic E-state index is -0.227. The number of hydrogen-bond donors (Lipinski definition) is 2. The van der Waals surface area contributed by atoms with E-state index in [0.717, 1.165) is 61.4 Å². The van der Waals surface area contributed by atoms with Crippen LogP contribution in [0, 0.1) is 0 Å². The van der Waals surface area contributed by atoms with E-state index in [2.05, 4.69) is 132 Å². The van der Waals surface area contributed by atoms with E-state index in [0.29, 0.717) is 64.4 Å². The van der Waals surface area contributed by atoms with Crippen molar-refractivity contribution in [2.24, 2.45) is 0 Å². The molecule has 2 N–H and O–H groups in total. The monoisotopic (exact) mass is 922 g/mol. The van der Waals surface area contributed by atoms with Gasteiger partial charge in [-0.1, -0.05) is 130 Å². The van der Waals surface area contributed by atoms with Gasteiger partial charge in [-0.15, -0.1) is 0 Å². The Morgan fingerprint density at radius 1 is 0.323 bits per heavy atom. The van der Waals surface area contributed by atoms with Crippen LogP contribution in [0.5, 0.6) is 23.0 Å². The van der Waals surface area contributed by atoms with Crippen LogP contribution in [0.25, 0.3) is 0 Å². The first-order valence-electron chi connectivity index (χ1n) is 21.5. The van der Waals surface area contributed by atoms with Gasteiger partial charge in [-0.05, 0) is 92.4 Å². The topological polar surface area (TPSA) is 95.8 Å². The third-order valence-corrected chi connectivity index (χ3v) is 14.7. The molecule has 12 heteroatoms. The van der Waals surface area contributed by atoms with E-state index in [9.17, 15) is 10.2 Å². The van der Waals surface area contributed by atoms with Crippen LogP contribution in [0.1, 0.15) is 105 Å². The van der Waals surface area contributed by atoms with Crippen LogP contribution in [0.15, 0.2) is 87.7 Å². The minimum Gasteiger partial charge on any atom is -0.506 e. The maximum absolute atomic E-state index is 12.5. The van der Waals surface area contributed by atoms with Crippen molar-refractivity contribution in [3.8, 4) is 23.0 Å². The van der Waals surface area contributed by atoms with Crippen LogP contribution in [0.4, 0.5) is 0 Å². The molecule has 0 amide bonds. The van der Waals surface area contributed by atoms with Gasteiger partial charge >= 0.3 is 0 Å². The maximum Gasteiger partial charge on any atom is 0.147 e. The second-order valence-corrected chi connectivity index (χ2v) is 24.1. The standard InChI is InChI=1S/C50H66O8S4/c1-47(2,3)31-23-35-43(51)36(24-31)60-40-28-34(50(10,11)12)30-42-46(40)58-22-20-56-18-16-54-14-13-53-15-17-55-19-21-57-45-39(59-35)27-33(49(7,8)9)29-41(45)61-37-25-32(48(4,5)6)26-38(62-42)44(37)52/h23-30,51-52H,13-22H2,1-12H3. The molecule has 0 fully saturated rings. The zero-order valence-electron chi connectivity index (χ0n) is 38.7.